The molecule has 1 aromatic heterocycles. The Morgan fingerprint density at radius 2 is 2.12 bits per heavy atom. The van der Waals surface area contributed by atoms with Crippen molar-refractivity contribution in [2.75, 3.05) is 0 Å². The molecule has 2 atom stereocenters. The predicted molar refractivity (Wildman–Crippen MR) is 98.3 cm³/mol. The van der Waals surface area contributed by atoms with Crippen molar-refractivity contribution in [3.8, 4) is 5.69 Å². The van der Waals surface area contributed by atoms with Crippen molar-refractivity contribution in [3.05, 3.63) is 52.3 Å². The number of unbranched alkanes of at least 4 members (excludes halogenated alkanes) is 1. The Morgan fingerprint density at radius 3 is 2.81 bits per heavy atom. The fraction of sp³-hybridized carbons (Fsp3) is 0.474. The average molecular weight is 356 g/mol. The number of non-ortho nitro benzene ring substituents is 1. The summed E-state index contributed by atoms with van der Waals surface area (Å²) >= 11 is 0. The number of amides is 1. The van der Waals surface area contributed by atoms with Crippen LogP contribution in [0.1, 0.15) is 55.8 Å². The zero-order valence-electron chi connectivity index (χ0n) is 14.9. The van der Waals surface area contributed by atoms with Gasteiger partial charge < -0.3 is 5.32 Å². The molecule has 1 saturated carbocycles. The van der Waals surface area contributed by atoms with Crippen molar-refractivity contribution in [1.29, 1.82) is 0 Å². The number of hydrogen-bond acceptors (Lipinski definition) is 4. The van der Waals surface area contributed by atoms with Crippen molar-refractivity contribution >= 4 is 11.6 Å². The smallest absolute Gasteiger partial charge is 0.269 e. The van der Waals surface area contributed by atoms with E-state index in [1.165, 1.54) is 50.4 Å². The van der Waals surface area contributed by atoms with Gasteiger partial charge in [0.15, 0.2) is 0 Å². The average Bonchev–Trinajstić information content (AvgIpc) is 3.29. The van der Waals surface area contributed by atoms with E-state index in [2.05, 4.69) is 17.3 Å². The summed E-state index contributed by atoms with van der Waals surface area (Å²) in [6.45, 7) is 2.19. The van der Waals surface area contributed by atoms with Gasteiger partial charge in [0, 0.05) is 24.4 Å². The summed E-state index contributed by atoms with van der Waals surface area (Å²) in [6.07, 6.45) is 10.1. The van der Waals surface area contributed by atoms with Crippen LogP contribution in [0.4, 0.5) is 5.69 Å². The number of benzene rings is 1. The summed E-state index contributed by atoms with van der Waals surface area (Å²) < 4.78 is 1.56. The minimum atomic E-state index is -0.442. The predicted octanol–water partition coefficient (Wildman–Crippen LogP) is 3.87. The van der Waals surface area contributed by atoms with Gasteiger partial charge in [-0.15, -0.1) is 0 Å². The second kappa shape index (κ2) is 8.12. The molecule has 0 saturated heterocycles. The lowest BCUT2D eigenvalue weighted by Crippen LogP contribution is -2.37. The molecule has 26 heavy (non-hydrogen) atoms. The number of carbonyl (C=O) groups excluding carboxylic acids is 1. The summed E-state index contributed by atoms with van der Waals surface area (Å²) in [5.74, 6) is 0.468. The Balaban J connectivity index is 1.65. The highest BCUT2D eigenvalue weighted by Crippen LogP contribution is 2.30. The van der Waals surface area contributed by atoms with Crippen molar-refractivity contribution in [3.63, 3.8) is 0 Å². The summed E-state index contributed by atoms with van der Waals surface area (Å²) in [6, 6.07) is 6.33. The number of rotatable bonds is 7. The van der Waals surface area contributed by atoms with Gasteiger partial charge in [-0.05, 0) is 37.3 Å². The number of aromatic nitrogens is 2. The number of nitrogens with zero attached hydrogens (tertiary/aromatic N) is 3. The molecule has 1 aromatic carbocycles. The molecule has 1 aliphatic carbocycles. The van der Waals surface area contributed by atoms with E-state index >= 15 is 0 Å². The fourth-order valence-electron chi connectivity index (χ4n) is 3.60. The molecule has 1 fully saturated rings. The van der Waals surface area contributed by atoms with E-state index in [-0.39, 0.29) is 17.6 Å². The van der Waals surface area contributed by atoms with Gasteiger partial charge in [-0.3, -0.25) is 14.9 Å². The largest absolute Gasteiger partial charge is 0.349 e. The molecule has 0 radical (unpaired) electrons. The molecule has 7 nitrogen and oxygen atoms in total. The zero-order valence-corrected chi connectivity index (χ0v) is 14.9. The molecular formula is C19H24N4O3. The summed E-state index contributed by atoms with van der Waals surface area (Å²) in [5, 5.41) is 18.1. The monoisotopic (exact) mass is 356 g/mol. The summed E-state index contributed by atoms with van der Waals surface area (Å²) in [5.41, 5.74) is 1.21. The van der Waals surface area contributed by atoms with Gasteiger partial charge in [-0.1, -0.05) is 26.2 Å². The minimum Gasteiger partial charge on any atom is -0.349 e. The third-order valence-electron chi connectivity index (χ3n) is 5.07. The molecule has 2 aromatic rings. The first kappa shape index (κ1) is 18.1. The van der Waals surface area contributed by atoms with Gasteiger partial charge in [-0.2, -0.15) is 5.10 Å². The van der Waals surface area contributed by atoms with Crippen LogP contribution in [0.15, 0.2) is 36.7 Å². The number of nitro benzene ring substituents is 1. The van der Waals surface area contributed by atoms with Crippen molar-refractivity contribution in [2.24, 2.45) is 5.92 Å². The Labute approximate surface area is 152 Å². The quantitative estimate of drug-likeness (QED) is 0.602. The summed E-state index contributed by atoms with van der Waals surface area (Å²) in [4.78, 5) is 22.8. The van der Waals surface area contributed by atoms with Crippen LogP contribution in [0.25, 0.3) is 5.69 Å². The molecule has 1 heterocycles. The molecule has 2 unspecified atom stereocenters. The Kier molecular flexibility index (Phi) is 5.65. The standard InChI is InChI=1S/C19H24N4O3/c1-2-3-5-14-6-4-7-18(14)21-19(24)15-12-20-22(13-15)16-8-10-17(11-9-16)23(25)26/h8-14,18H,2-7H2,1H3,(H,21,24). The molecule has 1 amide bonds. The fourth-order valence-corrected chi connectivity index (χ4v) is 3.60. The van der Waals surface area contributed by atoms with Crippen LogP contribution < -0.4 is 5.32 Å². The first-order valence-corrected chi connectivity index (χ1v) is 9.19. The highest BCUT2D eigenvalue weighted by Gasteiger charge is 2.28. The van der Waals surface area contributed by atoms with Gasteiger partial charge in [0.25, 0.3) is 11.6 Å². The van der Waals surface area contributed by atoms with Crippen LogP contribution in [-0.2, 0) is 0 Å². The number of nitro groups is 1. The van der Waals surface area contributed by atoms with E-state index in [0.29, 0.717) is 17.2 Å². The first-order valence-electron chi connectivity index (χ1n) is 9.19. The lowest BCUT2D eigenvalue weighted by Gasteiger charge is -2.20. The zero-order chi connectivity index (χ0) is 18.5. The van der Waals surface area contributed by atoms with Crippen LogP contribution in [0, 0.1) is 16.0 Å². The molecule has 1 aliphatic rings. The third-order valence-corrected chi connectivity index (χ3v) is 5.07. The number of carbonyl (C=O) groups is 1. The van der Waals surface area contributed by atoms with E-state index in [9.17, 15) is 14.9 Å². The van der Waals surface area contributed by atoms with Crippen molar-refractivity contribution < 1.29 is 9.72 Å². The number of hydrogen-bond donors (Lipinski definition) is 1. The maximum Gasteiger partial charge on any atom is 0.269 e. The van der Waals surface area contributed by atoms with Crippen LogP contribution >= 0.6 is 0 Å². The van der Waals surface area contributed by atoms with Crippen LogP contribution in [0.5, 0.6) is 0 Å². The van der Waals surface area contributed by atoms with Crippen LogP contribution in [-0.4, -0.2) is 26.7 Å². The van der Waals surface area contributed by atoms with Gasteiger partial charge in [0.1, 0.15) is 0 Å². The van der Waals surface area contributed by atoms with E-state index < -0.39 is 4.92 Å². The maximum atomic E-state index is 12.6. The Hall–Kier alpha value is -2.70. The normalized spacial score (nSPS) is 19.4. The van der Waals surface area contributed by atoms with E-state index in [4.69, 9.17) is 0 Å². The van der Waals surface area contributed by atoms with Gasteiger partial charge >= 0.3 is 0 Å². The third kappa shape index (κ3) is 4.09. The second-order valence-corrected chi connectivity index (χ2v) is 6.86. The lowest BCUT2D eigenvalue weighted by molar-refractivity contribution is -0.384. The first-order chi connectivity index (χ1) is 12.6. The second-order valence-electron chi connectivity index (χ2n) is 6.86. The van der Waals surface area contributed by atoms with Crippen LogP contribution in [0.2, 0.25) is 0 Å². The molecule has 0 aliphatic heterocycles. The van der Waals surface area contributed by atoms with E-state index in [0.717, 1.165) is 6.42 Å². The topological polar surface area (TPSA) is 90.1 Å². The lowest BCUT2D eigenvalue weighted by atomic mass is 9.96. The molecule has 0 spiro atoms. The van der Waals surface area contributed by atoms with Gasteiger partial charge in [0.2, 0.25) is 0 Å². The van der Waals surface area contributed by atoms with E-state index in [1.807, 2.05) is 0 Å². The molecule has 0 bridgehead atoms. The van der Waals surface area contributed by atoms with Gasteiger partial charge in [0.05, 0.1) is 22.4 Å². The van der Waals surface area contributed by atoms with Gasteiger partial charge in [-0.25, -0.2) is 4.68 Å². The molecule has 3 rings (SSSR count). The SMILES string of the molecule is CCCCC1CCCC1NC(=O)c1cnn(-c2ccc([N+](=O)[O-])cc2)c1. The molecule has 138 valence electrons. The Bertz CT molecular complexity index is 769. The van der Waals surface area contributed by atoms with Crippen molar-refractivity contribution in [2.45, 2.75) is 51.5 Å². The maximum absolute atomic E-state index is 12.6. The minimum absolute atomic E-state index is 0.0261. The molecule has 7 heteroatoms. The number of nitrogens with one attached hydrogen (secondary N) is 1. The molecular weight excluding hydrogens is 332 g/mol. The van der Waals surface area contributed by atoms with Crippen molar-refractivity contribution in [1.82, 2.24) is 15.1 Å². The summed E-state index contributed by atoms with van der Waals surface area (Å²) in [7, 11) is 0. The Morgan fingerprint density at radius 1 is 1.35 bits per heavy atom. The van der Waals surface area contributed by atoms with Crippen LogP contribution in [0.3, 0.4) is 0 Å². The highest BCUT2D eigenvalue weighted by atomic mass is 16.6. The molecule has 1 N–H and O–H groups in total. The van der Waals surface area contributed by atoms with E-state index in [1.54, 1.807) is 23.0 Å². The highest BCUT2D eigenvalue weighted by molar-refractivity contribution is 5.94.